The average Bonchev–Trinajstić information content (AvgIpc) is 2.67. The molecule has 0 aliphatic rings. The lowest BCUT2D eigenvalue weighted by atomic mass is 10.1. The van der Waals surface area contributed by atoms with E-state index in [1.807, 2.05) is 13.8 Å². The zero-order valence-corrected chi connectivity index (χ0v) is 19.2. The number of benzene rings is 2. The molecule has 0 aliphatic carbocycles. The summed E-state index contributed by atoms with van der Waals surface area (Å²) in [6.07, 6.45) is 1.02. The summed E-state index contributed by atoms with van der Waals surface area (Å²) in [5, 5.41) is 2.68. The Bertz CT molecular complexity index is 1030. The summed E-state index contributed by atoms with van der Waals surface area (Å²) in [6.45, 7) is 6.98. The predicted molar refractivity (Wildman–Crippen MR) is 120 cm³/mol. The highest BCUT2D eigenvalue weighted by atomic mass is 32.2. The number of carbonyl (C=O) groups is 2. The summed E-state index contributed by atoms with van der Waals surface area (Å²) in [6, 6.07) is 11.3. The van der Waals surface area contributed by atoms with Crippen LogP contribution in [0.15, 0.2) is 42.5 Å². The molecule has 0 aromatic heterocycles. The second-order valence-corrected chi connectivity index (χ2v) is 9.08. The van der Waals surface area contributed by atoms with Crippen LogP contribution in [0.1, 0.15) is 36.7 Å². The molecule has 168 valence electrons. The van der Waals surface area contributed by atoms with Crippen LogP contribution < -0.4 is 14.4 Å². The number of anilines is 2. The molecule has 1 amide bonds. The number of amides is 1. The van der Waals surface area contributed by atoms with Gasteiger partial charge in [0, 0.05) is 5.69 Å². The van der Waals surface area contributed by atoms with E-state index in [4.69, 9.17) is 9.47 Å². The smallest absolute Gasteiger partial charge is 0.338 e. The molecule has 0 fully saturated rings. The maximum atomic E-state index is 12.7. The number of hydrogen-bond acceptors (Lipinski definition) is 6. The molecule has 0 heterocycles. The second-order valence-electron chi connectivity index (χ2n) is 7.18. The van der Waals surface area contributed by atoms with E-state index in [9.17, 15) is 18.0 Å². The van der Waals surface area contributed by atoms with E-state index >= 15 is 0 Å². The van der Waals surface area contributed by atoms with Crippen molar-refractivity contribution in [1.82, 2.24) is 0 Å². The van der Waals surface area contributed by atoms with Crippen molar-refractivity contribution < 1.29 is 27.5 Å². The van der Waals surface area contributed by atoms with E-state index in [-0.39, 0.29) is 12.7 Å². The zero-order valence-electron chi connectivity index (χ0n) is 18.3. The van der Waals surface area contributed by atoms with E-state index < -0.39 is 28.4 Å². The molecule has 0 bridgehead atoms. The predicted octanol–water partition coefficient (Wildman–Crippen LogP) is 3.36. The maximum Gasteiger partial charge on any atom is 0.338 e. The number of nitrogens with zero attached hydrogens (tertiary/aromatic N) is 1. The van der Waals surface area contributed by atoms with Gasteiger partial charge in [-0.25, -0.2) is 13.2 Å². The van der Waals surface area contributed by atoms with Crippen molar-refractivity contribution in [3.8, 4) is 5.75 Å². The molecule has 0 saturated heterocycles. The Morgan fingerprint density at radius 2 is 1.74 bits per heavy atom. The van der Waals surface area contributed by atoms with E-state index in [1.165, 1.54) is 0 Å². The zero-order chi connectivity index (χ0) is 23.2. The van der Waals surface area contributed by atoms with Crippen LogP contribution in [0.5, 0.6) is 5.75 Å². The second kappa shape index (κ2) is 10.3. The first-order valence-corrected chi connectivity index (χ1v) is 11.7. The standard InChI is InChI=1S/C22H28N2O6S/c1-6-29-22(26)19-8-7-9-20(16(19)4)23-21(25)14-24(31(5,27)28)17-10-12-18(13-11-17)30-15(2)3/h7-13,15H,6,14H2,1-5H3,(H,23,25). The lowest BCUT2D eigenvalue weighted by Gasteiger charge is -2.22. The highest BCUT2D eigenvalue weighted by Crippen LogP contribution is 2.23. The van der Waals surface area contributed by atoms with Crippen LogP contribution in [-0.2, 0) is 19.6 Å². The molecule has 8 nitrogen and oxygen atoms in total. The number of rotatable bonds is 9. The fraction of sp³-hybridized carbons (Fsp3) is 0.364. The van der Waals surface area contributed by atoms with Gasteiger partial charge >= 0.3 is 5.97 Å². The minimum atomic E-state index is -3.72. The molecule has 0 radical (unpaired) electrons. The van der Waals surface area contributed by atoms with Gasteiger partial charge in [-0.2, -0.15) is 0 Å². The van der Waals surface area contributed by atoms with E-state index in [1.54, 1.807) is 56.3 Å². The minimum Gasteiger partial charge on any atom is -0.491 e. The lowest BCUT2D eigenvalue weighted by molar-refractivity contribution is -0.114. The number of hydrogen-bond donors (Lipinski definition) is 1. The van der Waals surface area contributed by atoms with Crippen LogP contribution in [0.4, 0.5) is 11.4 Å². The summed E-state index contributed by atoms with van der Waals surface area (Å²) in [5.41, 5.74) is 1.62. The molecule has 0 spiro atoms. The number of sulfonamides is 1. The van der Waals surface area contributed by atoms with Crippen LogP contribution in [0.25, 0.3) is 0 Å². The van der Waals surface area contributed by atoms with Crippen molar-refractivity contribution in [3.63, 3.8) is 0 Å². The third-order valence-corrected chi connectivity index (χ3v) is 5.43. The quantitative estimate of drug-likeness (QED) is 0.590. The van der Waals surface area contributed by atoms with Crippen LogP contribution in [0, 0.1) is 6.92 Å². The molecule has 2 aromatic carbocycles. The maximum absolute atomic E-state index is 12.7. The van der Waals surface area contributed by atoms with E-state index in [0.717, 1.165) is 10.6 Å². The summed E-state index contributed by atoms with van der Waals surface area (Å²) in [5.74, 6) is -0.433. The number of nitrogens with one attached hydrogen (secondary N) is 1. The van der Waals surface area contributed by atoms with Gasteiger partial charge in [0.2, 0.25) is 15.9 Å². The first-order chi connectivity index (χ1) is 14.5. The Morgan fingerprint density at radius 3 is 2.29 bits per heavy atom. The lowest BCUT2D eigenvalue weighted by Crippen LogP contribution is -2.37. The SMILES string of the molecule is CCOC(=O)c1cccc(NC(=O)CN(c2ccc(OC(C)C)cc2)S(C)(=O)=O)c1C. The van der Waals surface area contributed by atoms with Crippen LogP contribution in [0.2, 0.25) is 0 Å². The minimum absolute atomic E-state index is 0.0174. The Hall–Kier alpha value is -3.07. The number of ether oxygens (including phenoxy) is 2. The summed E-state index contributed by atoms with van der Waals surface area (Å²) < 4.78 is 36.2. The fourth-order valence-electron chi connectivity index (χ4n) is 2.88. The molecule has 31 heavy (non-hydrogen) atoms. The Kier molecular flexibility index (Phi) is 8.04. The fourth-order valence-corrected chi connectivity index (χ4v) is 3.74. The van der Waals surface area contributed by atoms with Gasteiger partial charge in [0.05, 0.1) is 30.2 Å². The third kappa shape index (κ3) is 6.71. The molecule has 0 atom stereocenters. The normalized spacial score (nSPS) is 11.2. The largest absolute Gasteiger partial charge is 0.491 e. The highest BCUT2D eigenvalue weighted by molar-refractivity contribution is 7.92. The van der Waals surface area contributed by atoms with Crippen molar-refractivity contribution >= 4 is 33.3 Å². The van der Waals surface area contributed by atoms with E-state index in [0.29, 0.717) is 28.3 Å². The molecule has 0 unspecified atom stereocenters. The van der Waals surface area contributed by atoms with Gasteiger partial charge in [0.1, 0.15) is 12.3 Å². The van der Waals surface area contributed by atoms with Crippen molar-refractivity contribution in [2.24, 2.45) is 0 Å². The molecule has 9 heteroatoms. The highest BCUT2D eigenvalue weighted by Gasteiger charge is 2.22. The van der Waals surface area contributed by atoms with Gasteiger partial charge in [-0.1, -0.05) is 6.07 Å². The van der Waals surface area contributed by atoms with Gasteiger partial charge in [-0.05, 0) is 69.7 Å². The van der Waals surface area contributed by atoms with Crippen molar-refractivity contribution in [3.05, 3.63) is 53.6 Å². The molecule has 0 saturated carbocycles. The molecule has 0 aliphatic heterocycles. The summed E-state index contributed by atoms with van der Waals surface area (Å²) in [4.78, 5) is 24.7. The van der Waals surface area contributed by atoms with Gasteiger partial charge in [-0.15, -0.1) is 0 Å². The molecular formula is C22H28N2O6S. The number of carbonyl (C=O) groups excluding carboxylic acids is 2. The molecular weight excluding hydrogens is 420 g/mol. The summed E-state index contributed by atoms with van der Waals surface area (Å²) >= 11 is 0. The van der Waals surface area contributed by atoms with E-state index in [2.05, 4.69) is 5.32 Å². The average molecular weight is 449 g/mol. The van der Waals surface area contributed by atoms with Crippen molar-refractivity contribution in [2.75, 3.05) is 29.0 Å². The van der Waals surface area contributed by atoms with Gasteiger partial charge in [0.25, 0.3) is 0 Å². The molecule has 2 aromatic rings. The van der Waals surface area contributed by atoms with Crippen LogP contribution in [-0.4, -0.2) is 45.8 Å². The monoisotopic (exact) mass is 448 g/mol. The topological polar surface area (TPSA) is 102 Å². The molecule has 1 N–H and O–H groups in total. The Balaban J connectivity index is 2.21. The first kappa shape index (κ1) is 24.2. The molecule has 2 rings (SSSR count). The van der Waals surface area contributed by atoms with Gasteiger partial charge in [0.15, 0.2) is 0 Å². The van der Waals surface area contributed by atoms with Gasteiger partial charge in [-0.3, -0.25) is 9.10 Å². The third-order valence-electron chi connectivity index (χ3n) is 4.29. The Morgan fingerprint density at radius 1 is 1.10 bits per heavy atom. The van der Waals surface area contributed by atoms with Crippen molar-refractivity contribution in [2.45, 2.75) is 33.8 Å². The number of esters is 1. The first-order valence-electron chi connectivity index (χ1n) is 9.84. The van der Waals surface area contributed by atoms with Crippen molar-refractivity contribution in [1.29, 1.82) is 0 Å². The summed E-state index contributed by atoms with van der Waals surface area (Å²) in [7, 11) is -3.72. The van der Waals surface area contributed by atoms with Gasteiger partial charge < -0.3 is 14.8 Å². The Labute approximate surface area is 183 Å². The van der Waals surface area contributed by atoms with Crippen LogP contribution >= 0.6 is 0 Å². The van der Waals surface area contributed by atoms with Crippen LogP contribution in [0.3, 0.4) is 0 Å².